The summed E-state index contributed by atoms with van der Waals surface area (Å²) in [7, 11) is -1.80. The largest absolute Gasteiger partial charge is 0.338 e. The Morgan fingerprint density at radius 1 is 1.27 bits per heavy atom. The maximum absolute atomic E-state index is 11.4. The molecule has 2 rings (SSSR count). The minimum atomic E-state index is -3.27. The molecule has 0 saturated heterocycles. The first-order valence-corrected chi connectivity index (χ1v) is 8.94. The highest BCUT2D eigenvalue weighted by molar-refractivity contribution is 7.88. The molecule has 0 saturated carbocycles. The fourth-order valence-electron chi connectivity index (χ4n) is 2.09. The van der Waals surface area contributed by atoms with E-state index in [1.54, 1.807) is 0 Å². The molecular formula is C15H21N3O3S. The maximum Gasteiger partial charge on any atom is 0.242 e. The lowest BCUT2D eigenvalue weighted by Crippen LogP contribution is -2.25. The summed E-state index contributed by atoms with van der Waals surface area (Å²) in [6.07, 6.45) is 2.06. The summed E-state index contributed by atoms with van der Waals surface area (Å²) in [6, 6.07) is 7.91. The van der Waals surface area contributed by atoms with Gasteiger partial charge in [0.1, 0.15) is 0 Å². The van der Waals surface area contributed by atoms with Gasteiger partial charge in [0.05, 0.1) is 12.8 Å². The van der Waals surface area contributed by atoms with Gasteiger partial charge in [-0.1, -0.05) is 43.3 Å². The lowest BCUT2D eigenvalue weighted by atomic mass is 9.98. The topological polar surface area (TPSA) is 76.3 Å². The fraction of sp³-hybridized carbons (Fsp3) is 0.467. The van der Waals surface area contributed by atoms with Gasteiger partial charge in [0.2, 0.25) is 21.7 Å². The summed E-state index contributed by atoms with van der Waals surface area (Å²) < 4.78 is 29.2. The molecule has 1 aromatic carbocycles. The van der Waals surface area contributed by atoms with Gasteiger partial charge in [0.25, 0.3) is 0 Å². The number of benzene rings is 1. The van der Waals surface area contributed by atoms with Crippen LogP contribution in [0.2, 0.25) is 0 Å². The van der Waals surface area contributed by atoms with Gasteiger partial charge in [0, 0.05) is 12.6 Å². The summed E-state index contributed by atoms with van der Waals surface area (Å²) in [5.74, 6) is 1.29. The third-order valence-corrected chi connectivity index (χ3v) is 4.54. The maximum atomic E-state index is 11.4. The van der Waals surface area contributed by atoms with Gasteiger partial charge in [-0.2, -0.15) is 9.29 Å². The molecule has 0 bridgehead atoms. The van der Waals surface area contributed by atoms with Crippen LogP contribution in [-0.2, 0) is 23.0 Å². The van der Waals surface area contributed by atoms with Crippen molar-refractivity contribution in [2.24, 2.45) is 5.92 Å². The molecule has 6 nitrogen and oxygen atoms in total. The predicted molar refractivity (Wildman–Crippen MR) is 84.6 cm³/mol. The molecule has 1 aromatic heterocycles. The van der Waals surface area contributed by atoms with Crippen LogP contribution in [0.25, 0.3) is 11.4 Å². The molecule has 0 aliphatic rings. The van der Waals surface area contributed by atoms with Gasteiger partial charge in [-0.25, -0.2) is 8.42 Å². The van der Waals surface area contributed by atoms with Gasteiger partial charge >= 0.3 is 0 Å². The van der Waals surface area contributed by atoms with Gasteiger partial charge in [-0.05, 0) is 17.9 Å². The number of aromatic nitrogens is 2. The van der Waals surface area contributed by atoms with Crippen molar-refractivity contribution in [1.29, 1.82) is 0 Å². The molecule has 2 aromatic rings. The highest BCUT2D eigenvalue weighted by atomic mass is 32.2. The van der Waals surface area contributed by atoms with Crippen LogP contribution in [0.3, 0.4) is 0 Å². The number of rotatable bonds is 6. The average molecular weight is 323 g/mol. The first kappa shape index (κ1) is 16.6. The van der Waals surface area contributed by atoms with E-state index >= 15 is 0 Å². The van der Waals surface area contributed by atoms with Crippen molar-refractivity contribution in [3.05, 3.63) is 35.7 Å². The van der Waals surface area contributed by atoms with E-state index in [1.165, 1.54) is 11.4 Å². The van der Waals surface area contributed by atoms with Crippen LogP contribution in [-0.4, -0.2) is 36.2 Å². The summed E-state index contributed by atoms with van der Waals surface area (Å²) in [4.78, 5) is 4.32. The van der Waals surface area contributed by atoms with Gasteiger partial charge < -0.3 is 4.52 Å². The fourth-order valence-corrected chi connectivity index (χ4v) is 2.44. The van der Waals surface area contributed by atoms with E-state index < -0.39 is 10.0 Å². The standard InChI is InChI=1S/C15H21N3O3S/c1-11(2)9-12-7-5-6-8-13(12)15-16-14(21-17-15)10-18(3)22(4,19)20/h5-8,11H,9-10H2,1-4H3. The van der Waals surface area contributed by atoms with Crippen LogP contribution in [0.4, 0.5) is 0 Å². The summed E-state index contributed by atoms with van der Waals surface area (Å²) in [6.45, 7) is 4.37. The molecule has 0 fully saturated rings. The molecule has 0 radical (unpaired) electrons. The Labute approximate surface area is 131 Å². The normalized spacial score (nSPS) is 12.3. The Morgan fingerprint density at radius 2 is 1.95 bits per heavy atom. The monoisotopic (exact) mass is 323 g/mol. The second-order valence-electron chi connectivity index (χ2n) is 5.79. The SMILES string of the molecule is CC(C)Cc1ccccc1-c1noc(CN(C)S(C)(=O)=O)n1. The van der Waals surface area contributed by atoms with Crippen molar-refractivity contribution in [2.75, 3.05) is 13.3 Å². The first-order chi connectivity index (χ1) is 10.3. The van der Waals surface area contributed by atoms with E-state index in [1.807, 2.05) is 24.3 Å². The van der Waals surface area contributed by atoms with Crippen LogP contribution in [0.1, 0.15) is 25.3 Å². The van der Waals surface area contributed by atoms with Gasteiger partial charge in [-0.3, -0.25) is 0 Å². The second-order valence-corrected chi connectivity index (χ2v) is 7.88. The van der Waals surface area contributed by atoms with Crippen molar-refractivity contribution in [3.63, 3.8) is 0 Å². The lowest BCUT2D eigenvalue weighted by molar-refractivity contribution is 0.337. The Kier molecular flexibility index (Phi) is 4.97. The van der Waals surface area contributed by atoms with E-state index in [-0.39, 0.29) is 12.4 Å². The zero-order valence-electron chi connectivity index (χ0n) is 13.3. The molecule has 0 aliphatic carbocycles. The van der Waals surface area contributed by atoms with E-state index in [4.69, 9.17) is 4.52 Å². The number of hydrogen-bond donors (Lipinski definition) is 0. The van der Waals surface area contributed by atoms with E-state index in [0.717, 1.165) is 23.8 Å². The third-order valence-electron chi connectivity index (χ3n) is 3.28. The van der Waals surface area contributed by atoms with E-state index in [9.17, 15) is 8.42 Å². The van der Waals surface area contributed by atoms with Gasteiger partial charge in [-0.15, -0.1) is 0 Å². The van der Waals surface area contributed by atoms with Crippen molar-refractivity contribution in [1.82, 2.24) is 14.4 Å². The Hall–Kier alpha value is -1.73. The van der Waals surface area contributed by atoms with Crippen molar-refractivity contribution in [2.45, 2.75) is 26.8 Å². The molecular weight excluding hydrogens is 302 g/mol. The molecule has 0 unspecified atom stereocenters. The first-order valence-electron chi connectivity index (χ1n) is 7.09. The van der Waals surface area contributed by atoms with Crippen molar-refractivity contribution >= 4 is 10.0 Å². The quantitative estimate of drug-likeness (QED) is 0.815. The highest BCUT2D eigenvalue weighted by Gasteiger charge is 2.17. The number of hydrogen-bond acceptors (Lipinski definition) is 5. The summed E-state index contributed by atoms with van der Waals surface area (Å²) in [5.41, 5.74) is 2.08. The average Bonchev–Trinajstić information content (AvgIpc) is 2.86. The van der Waals surface area contributed by atoms with Crippen LogP contribution in [0.5, 0.6) is 0 Å². The van der Waals surface area contributed by atoms with Crippen molar-refractivity contribution < 1.29 is 12.9 Å². The summed E-state index contributed by atoms with van der Waals surface area (Å²) in [5, 5.41) is 3.98. The molecule has 0 atom stereocenters. The molecule has 0 aliphatic heterocycles. The molecule has 120 valence electrons. The zero-order chi connectivity index (χ0) is 16.3. The number of sulfonamides is 1. The molecule has 7 heteroatoms. The number of nitrogens with zero attached hydrogens (tertiary/aromatic N) is 3. The van der Waals surface area contributed by atoms with Crippen molar-refractivity contribution in [3.8, 4) is 11.4 Å². The molecule has 0 spiro atoms. The predicted octanol–water partition coefficient (Wildman–Crippen LogP) is 2.33. The van der Waals surface area contributed by atoms with Gasteiger partial charge in [0.15, 0.2) is 0 Å². The molecule has 22 heavy (non-hydrogen) atoms. The Bertz CT molecular complexity index is 738. The summed E-state index contributed by atoms with van der Waals surface area (Å²) >= 11 is 0. The molecule has 0 amide bonds. The minimum absolute atomic E-state index is 0.0676. The Morgan fingerprint density at radius 3 is 2.59 bits per heavy atom. The second kappa shape index (κ2) is 6.58. The van der Waals surface area contributed by atoms with E-state index in [0.29, 0.717) is 11.7 Å². The zero-order valence-corrected chi connectivity index (χ0v) is 14.1. The van der Waals surface area contributed by atoms with Crippen LogP contribution >= 0.6 is 0 Å². The molecule has 1 heterocycles. The smallest absolute Gasteiger partial charge is 0.242 e. The van der Waals surface area contributed by atoms with E-state index in [2.05, 4.69) is 24.0 Å². The lowest BCUT2D eigenvalue weighted by Gasteiger charge is -2.10. The molecule has 0 N–H and O–H groups in total. The van der Waals surface area contributed by atoms with Crippen LogP contribution in [0, 0.1) is 5.92 Å². The van der Waals surface area contributed by atoms with Crippen LogP contribution < -0.4 is 0 Å². The minimum Gasteiger partial charge on any atom is -0.338 e. The third kappa shape index (κ3) is 4.14. The Balaban J connectivity index is 2.25. The van der Waals surface area contributed by atoms with Crippen LogP contribution in [0.15, 0.2) is 28.8 Å². The highest BCUT2D eigenvalue weighted by Crippen LogP contribution is 2.23.